The molecule has 1 aromatic heterocycles. The fourth-order valence-electron chi connectivity index (χ4n) is 3.76. The summed E-state index contributed by atoms with van der Waals surface area (Å²) in [5.74, 6) is -0.813. The third kappa shape index (κ3) is 3.96. The van der Waals surface area contributed by atoms with E-state index >= 15 is 0 Å². The normalized spacial score (nSPS) is 15.8. The van der Waals surface area contributed by atoms with Crippen LogP contribution in [0.5, 0.6) is 5.88 Å². The lowest BCUT2D eigenvalue weighted by Crippen LogP contribution is -2.49. The number of hydrogen-bond acceptors (Lipinski definition) is 4. The number of H-pyrrole nitrogens is 1. The van der Waals surface area contributed by atoms with Gasteiger partial charge in [0, 0.05) is 49.9 Å². The molecule has 0 amide bonds. The number of fused-ring (bicyclic) bond motifs is 1. The Balaban J connectivity index is 1.53. The Morgan fingerprint density at radius 2 is 1.83 bits per heavy atom. The predicted molar refractivity (Wildman–Crippen MR) is 112 cm³/mol. The zero-order valence-electron chi connectivity index (χ0n) is 16.5. The van der Waals surface area contributed by atoms with Crippen LogP contribution >= 0.6 is 0 Å². The highest BCUT2D eigenvalue weighted by molar-refractivity contribution is 6.02. The van der Waals surface area contributed by atoms with Crippen molar-refractivity contribution in [3.05, 3.63) is 53.6 Å². The number of piperazine rings is 1. The number of nitrogens with zero attached hydrogens (tertiary/aromatic N) is 3. The minimum atomic E-state index is -0.394. The number of halogens is 2. The molecule has 0 atom stereocenters. The van der Waals surface area contributed by atoms with Gasteiger partial charge >= 0.3 is 0 Å². The minimum Gasteiger partial charge on any atom is -0.494 e. The Morgan fingerprint density at radius 1 is 1.07 bits per heavy atom. The summed E-state index contributed by atoms with van der Waals surface area (Å²) in [5.41, 5.74) is 1.95. The van der Waals surface area contributed by atoms with Crippen LogP contribution in [0, 0.1) is 11.6 Å². The summed E-state index contributed by atoms with van der Waals surface area (Å²) in [4.78, 5) is 11.5. The molecule has 0 spiro atoms. The van der Waals surface area contributed by atoms with E-state index in [0.29, 0.717) is 33.9 Å². The average molecular weight is 398 g/mol. The van der Waals surface area contributed by atoms with Crippen molar-refractivity contribution in [3.8, 4) is 5.88 Å². The Kier molecular flexibility index (Phi) is 5.24. The van der Waals surface area contributed by atoms with Crippen LogP contribution in [0.1, 0.15) is 19.4 Å². The maximum absolute atomic E-state index is 14.7. The Hall–Kier alpha value is -2.93. The molecule has 2 aromatic carbocycles. The summed E-state index contributed by atoms with van der Waals surface area (Å²) in [6.45, 7) is 7.75. The lowest BCUT2D eigenvalue weighted by atomic mass is 10.2. The molecule has 7 heteroatoms. The number of benzene rings is 2. The van der Waals surface area contributed by atoms with Crippen LogP contribution in [0.15, 0.2) is 41.4 Å². The van der Waals surface area contributed by atoms with Crippen molar-refractivity contribution in [1.82, 2.24) is 9.88 Å². The highest BCUT2D eigenvalue weighted by Crippen LogP contribution is 2.29. The molecule has 1 aliphatic rings. The molecule has 0 bridgehead atoms. The quantitative estimate of drug-likeness (QED) is 0.639. The summed E-state index contributed by atoms with van der Waals surface area (Å²) in [6, 6.07) is 9.60. The summed E-state index contributed by atoms with van der Waals surface area (Å²) >= 11 is 0. The third-order valence-corrected chi connectivity index (χ3v) is 5.44. The van der Waals surface area contributed by atoms with Crippen LogP contribution in [-0.4, -0.2) is 53.4 Å². The van der Waals surface area contributed by atoms with E-state index in [-0.39, 0.29) is 11.7 Å². The number of aromatic amines is 1. The van der Waals surface area contributed by atoms with Gasteiger partial charge in [0.15, 0.2) is 5.88 Å². The number of aromatic nitrogens is 1. The second-order valence-corrected chi connectivity index (χ2v) is 7.59. The Bertz CT molecular complexity index is 1050. The summed E-state index contributed by atoms with van der Waals surface area (Å²) in [5, 5.41) is 10.7. The van der Waals surface area contributed by atoms with Gasteiger partial charge in [0.1, 0.15) is 11.6 Å². The van der Waals surface area contributed by atoms with Gasteiger partial charge in [0.05, 0.1) is 22.5 Å². The van der Waals surface area contributed by atoms with Gasteiger partial charge in [-0.2, -0.15) is 0 Å². The second kappa shape index (κ2) is 7.83. The molecular formula is C22H24F2N4O. The van der Waals surface area contributed by atoms with E-state index in [1.807, 2.05) is 0 Å². The number of aliphatic imine (C=N–C) groups is 1. The van der Waals surface area contributed by atoms with Crippen LogP contribution in [0.3, 0.4) is 0 Å². The SMILES string of the molecule is CC(C)N1CCN(c2ccc(N=Cc3c(O)[nH]c4cc(F)ccc34)cc2F)CC1. The molecule has 0 unspecified atom stereocenters. The molecular weight excluding hydrogens is 374 g/mol. The van der Waals surface area contributed by atoms with E-state index < -0.39 is 5.82 Å². The van der Waals surface area contributed by atoms with Crippen molar-refractivity contribution in [3.63, 3.8) is 0 Å². The first-order chi connectivity index (χ1) is 13.9. The third-order valence-electron chi connectivity index (χ3n) is 5.44. The van der Waals surface area contributed by atoms with E-state index in [2.05, 4.69) is 33.6 Å². The zero-order chi connectivity index (χ0) is 20.5. The van der Waals surface area contributed by atoms with Gasteiger partial charge in [-0.3, -0.25) is 9.89 Å². The molecule has 152 valence electrons. The summed E-state index contributed by atoms with van der Waals surface area (Å²) in [7, 11) is 0. The van der Waals surface area contributed by atoms with Crippen LogP contribution in [0.2, 0.25) is 0 Å². The first kappa shape index (κ1) is 19.4. The Morgan fingerprint density at radius 3 is 2.52 bits per heavy atom. The van der Waals surface area contributed by atoms with Gasteiger partial charge in [-0.25, -0.2) is 8.78 Å². The van der Waals surface area contributed by atoms with Crippen molar-refractivity contribution in [2.75, 3.05) is 31.1 Å². The predicted octanol–water partition coefficient (Wildman–Crippen LogP) is 4.43. The van der Waals surface area contributed by atoms with Gasteiger partial charge in [0.2, 0.25) is 0 Å². The monoisotopic (exact) mass is 398 g/mol. The molecule has 1 saturated heterocycles. The molecule has 29 heavy (non-hydrogen) atoms. The van der Waals surface area contributed by atoms with Gasteiger partial charge in [-0.15, -0.1) is 0 Å². The van der Waals surface area contributed by atoms with Gasteiger partial charge in [-0.05, 0) is 44.2 Å². The fraction of sp³-hybridized carbons (Fsp3) is 0.318. The standard InChI is InChI=1S/C22H24F2N4O/c1-14(2)27-7-9-28(10-8-27)21-6-4-16(12-19(21)24)25-13-18-17-5-3-15(23)11-20(17)26-22(18)29/h3-6,11-14,26,29H,7-10H2,1-2H3. The molecule has 2 N–H and O–H groups in total. The first-order valence-corrected chi connectivity index (χ1v) is 9.75. The largest absolute Gasteiger partial charge is 0.494 e. The molecule has 5 nitrogen and oxygen atoms in total. The maximum atomic E-state index is 14.7. The molecule has 0 radical (unpaired) electrons. The van der Waals surface area contributed by atoms with Crippen molar-refractivity contribution < 1.29 is 13.9 Å². The molecule has 1 aliphatic heterocycles. The van der Waals surface area contributed by atoms with Crippen LogP contribution < -0.4 is 4.90 Å². The van der Waals surface area contributed by atoms with Crippen LogP contribution in [0.4, 0.5) is 20.2 Å². The zero-order valence-corrected chi connectivity index (χ0v) is 16.5. The molecule has 1 fully saturated rings. The highest BCUT2D eigenvalue weighted by Gasteiger charge is 2.21. The number of anilines is 1. The number of hydrogen-bond donors (Lipinski definition) is 2. The van der Waals surface area contributed by atoms with Crippen molar-refractivity contribution in [1.29, 1.82) is 0 Å². The molecule has 3 aromatic rings. The minimum absolute atomic E-state index is 0.102. The van der Waals surface area contributed by atoms with E-state index in [4.69, 9.17) is 0 Å². The average Bonchev–Trinajstić information content (AvgIpc) is 3.00. The topological polar surface area (TPSA) is 54.9 Å². The summed E-state index contributed by atoms with van der Waals surface area (Å²) < 4.78 is 28.0. The van der Waals surface area contributed by atoms with E-state index in [1.165, 1.54) is 24.4 Å². The maximum Gasteiger partial charge on any atom is 0.198 e. The van der Waals surface area contributed by atoms with Crippen molar-refractivity contribution in [2.45, 2.75) is 19.9 Å². The smallest absolute Gasteiger partial charge is 0.198 e. The van der Waals surface area contributed by atoms with Gasteiger partial charge in [-0.1, -0.05) is 0 Å². The highest BCUT2D eigenvalue weighted by atomic mass is 19.1. The van der Waals surface area contributed by atoms with E-state index in [1.54, 1.807) is 18.2 Å². The first-order valence-electron chi connectivity index (χ1n) is 9.75. The van der Waals surface area contributed by atoms with E-state index in [0.717, 1.165) is 26.2 Å². The fourth-order valence-corrected chi connectivity index (χ4v) is 3.76. The number of rotatable bonds is 4. The van der Waals surface area contributed by atoms with Gasteiger partial charge < -0.3 is 15.0 Å². The second-order valence-electron chi connectivity index (χ2n) is 7.59. The molecule has 0 saturated carbocycles. The van der Waals surface area contributed by atoms with Crippen LogP contribution in [-0.2, 0) is 0 Å². The van der Waals surface area contributed by atoms with E-state index in [9.17, 15) is 13.9 Å². The molecule has 0 aliphatic carbocycles. The summed E-state index contributed by atoms with van der Waals surface area (Å²) in [6.07, 6.45) is 1.46. The van der Waals surface area contributed by atoms with Crippen molar-refractivity contribution in [2.24, 2.45) is 4.99 Å². The lowest BCUT2D eigenvalue weighted by Gasteiger charge is -2.38. The molecule has 2 heterocycles. The van der Waals surface area contributed by atoms with Crippen LogP contribution in [0.25, 0.3) is 10.9 Å². The van der Waals surface area contributed by atoms with Gasteiger partial charge in [0.25, 0.3) is 0 Å². The number of aromatic hydroxyl groups is 1. The molecule has 4 rings (SSSR count). The van der Waals surface area contributed by atoms with Crippen molar-refractivity contribution >= 4 is 28.5 Å². The lowest BCUT2D eigenvalue weighted by molar-refractivity contribution is 0.209. The Labute approximate surface area is 168 Å². The number of nitrogens with one attached hydrogen (secondary N) is 1.